The minimum atomic E-state index is -1.82. The van der Waals surface area contributed by atoms with Crippen LogP contribution in [0.1, 0.15) is 26.2 Å². The zero-order valence-electron chi connectivity index (χ0n) is 13.5. The van der Waals surface area contributed by atoms with Gasteiger partial charge in [-0.2, -0.15) is 0 Å². The molecule has 1 aromatic carbocycles. The third kappa shape index (κ3) is 2.81. The molecule has 0 radical (unpaired) electrons. The van der Waals surface area contributed by atoms with Gasteiger partial charge in [0.15, 0.2) is 5.13 Å². The molecule has 2 aliphatic rings. The lowest BCUT2D eigenvalue weighted by atomic mass is 10.1. The minimum Gasteiger partial charge on any atom is -0.492 e. The maximum absolute atomic E-state index is 15.0. The Labute approximate surface area is 143 Å². The van der Waals surface area contributed by atoms with E-state index >= 15 is 0 Å². The molecule has 1 aromatic heterocycles. The molecule has 7 heteroatoms. The van der Waals surface area contributed by atoms with Gasteiger partial charge < -0.3 is 15.0 Å². The average molecular weight is 349 g/mol. The van der Waals surface area contributed by atoms with Crippen molar-refractivity contribution in [3.63, 3.8) is 0 Å². The highest BCUT2D eigenvalue weighted by Crippen LogP contribution is 2.38. The third-order valence-corrected chi connectivity index (χ3v) is 5.56. The predicted molar refractivity (Wildman–Crippen MR) is 92.6 cm³/mol. The molecule has 5 nitrogen and oxygen atoms in total. The van der Waals surface area contributed by atoms with Gasteiger partial charge in [0, 0.05) is 19.0 Å². The fourth-order valence-electron chi connectivity index (χ4n) is 2.98. The molecule has 4 rings (SSSR count). The molecule has 1 aliphatic carbocycles. The molecular weight excluding hydrogens is 329 g/mol. The van der Waals surface area contributed by atoms with Crippen molar-refractivity contribution in [1.29, 1.82) is 0 Å². The van der Waals surface area contributed by atoms with Crippen LogP contribution in [0.3, 0.4) is 0 Å². The van der Waals surface area contributed by atoms with Crippen LogP contribution in [0.5, 0.6) is 5.75 Å². The minimum absolute atomic E-state index is 0.0648. The molecule has 2 fully saturated rings. The Kier molecular flexibility index (Phi) is 3.83. The van der Waals surface area contributed by atoms with Crippen LogP contribution < -0.4 is 15.0 Å². The standard InChI is InChI=1S/C17H20FN3O2S/c1-2-23-12-4-3-5-13-14(12)20-16(24-13)21-9-8-17(18,10-21)15(22)19-11-6-7-11/h3-5,11H,2,6-10H2,1H3,(H,19,22). The van der Waals surface area contributed by atoms with Crippen LogP contribution in [-0.4, -0.2) is 42.3 Å². The number of nitrogens with zero attached hydrogens (tertiary/aromatic N) is 2. The number of amides is 1. The third-order valence-electron chi connectivity index (χ3n) is 4.48. The van der Waals surface area contributed by atoms with E-state index in [0.29, 0.717) is 13.2 Å². The first-order valence-corrected chi connectivity index (χ1v) is 9.18. The highest BCUT2D eigenvalue weighted by molar-refractivity contribution is 7.22. The Balaban J connectivity index is 1.55. The number of para-hydroxylation sites is 1. The van der Waals surface area contributed by atoms with Crippen LogP contribution in [0.25, 0.3) is 10.2 Å². The van der Waals surface area contributed by atoms with E-state index in [1.54, 1.807) is 0 Å². The first kappa shape index (κ1) is 15.6. The van der Waals surface area contributed by atoms with E-state index in [9.17, 15) is 9.18 Å². The summed E-state index contributed by atoms with van der Waals surface area (Å²) in [4.78, 5) is 18.7. The molecular formula is C17H20FN3O2S. The number of aromatic nitrogens is 1. The number of rotatable bonds is 5. The predicted octanol–water partition coefficient (Wildman–Crippen LogP) is 2.89. The van der Waals surface area contributed by atoms with Crippen molar-refractivity contribution in [3.05, 3.63) is 18.2 Å². The van der Waals surface area contributed by atoms with Crippen LogP contribution in [0.4, 0.5) is 9.52 Å². The van der Waals surface area contributed by atoms with Gasteiger partial charge in [0.25, 0.3) is 5.91 Å². The largest absolute Gasteiger partial charge is 0.492 e. The van der Waals surface area contributed by atoms with Crippen LogP contribution in [-0.2, 0) is 4.79 Å². The maximum atomic E-state index is 15.0. The van der Waals surface area contributed by atoms with Crippen LogP contribution in [0, 0.1) is 0 Å². The number of benzene rings is 1. The molecule has 1 saturated heterocycles. The van der Waals surface area contributed by atoms with E-state index in [2.05, 4.69) is 10.3 Å². The highest BCUT2D eigenvalue weighted by atomic mass is 32.1. The van der Waals surface area contributed by atoms with Crippen molar-refractivity contribution < 1.29 is 13.9 Å². The van der Waals surface area contributed by atoms with Crippen LogP contribution in [0.15, 0.2) is 18.2 Å². The maximum Gasteiger partial charge on any atom is 0.259 e. The van der Waals surface area contributed by atoms with Gasteiger partial charge in [-0.1, -0.05) is 17.4 Å². The summed E-state index contributed by atoms with van der Waals surface area (Å²) in [5, 5.41) is 3.53. The quantitative estimate of drug-likeness (QED) is 0.902. The summed E-state index contributed by atoms with van der Waals surface area (Å²) in [7, 11) is 0. The van der Waals surface area contributed by atoms with E-state index in [1.165, 1.54) is 11.3 Å². The van der Waals surface area contributed by atoms with Crippen molar-refractivity contribution in [2.75, 3.05) is 24.6 Å². The van der Waals surface area contributed by atoms with Gasteiger partial charge in [-0.3, -0.25) is 4.79 Å². The molecule has 1 aliphatic heterocycles. The number of hydrogen-bond donors (Lipinski definition) is 1. The Morgan fingerprint density at radius 3 is 3.12 bits per heavy atom. The SMILES string of the molecule is CCOc1cccc2sc(N3CCC(F)(C(=O)NC4CC4)C3)nc12. The van der Waals surface area contributed by atoms with Gasteiger partial charge in [-0.15, -0.1) is 0 Å². The summed E-state index contributed by atoms with van der Waals surface area (Å²) < 4.78 is 21.6. The fraction of sp³-hybridized carbons (Fsp3) is 0.529. The number of fused-ring (bicyclic) bond motifs is 1. The monoisotopic (exact) mass is 349 g/mol. The lowest BCUT2D eigenvalue weighted by molar-refractivity contribution is -0.131. The molecule has 24 heavy (non-hydrogen) atoms. The summed E-state index contributed by atoms with van der Waals surface area (Å²) in [6.45, 7) is 3.07. The van der Waals surface area contributed by atoms with Crippen molar-refractivity contribution in [2.24, 2.45) is 0 Å². The number of carbonyl (C=O) groups is 1. The van der Waals surface area contributed by atoms with E-state index in [-0.39, 0.29) is 19.0 Å². The number of alkyl halides is 1. The number of hydrogen-bond acceptors (Lipinski definition) is 5. The molecule has 1 atom stereocenters. The summed E-state index contributed by atoms with van der Waals surface area (Å²) >= 11 is 1.51. The second kappa shape index (κ2) is 5.88. The van der Waals surface area contributed by atoms with Gasteiger partial charge in [0.1, 0.15) is 11.3 Å². The first-order valence-electron chi connectivity index (χ1n) is 8.36. The molecule has 1 unspecified atom stereocenters. The van der Waals surface area contributed by atoms with Crippen LogP contribution >= 0.6 is 11.3 Å². The molecule has 0 bridgehead atoms. The number of ether oxygens (including phenoxy) is 1. The molecule has 0 spiro atoms. The van der Waals surface area contributed by atoms with Gasteiger partial charge in [0.2, 0.25) is 5.67 Å². The number of thiazole rings is 1. The molecule has 1 N–H and O–H groups in total. The van der Waals surface area contributed by atoms with Gasteiger partial charge in [-0.05, 0) is 31.9 Å². The fourth-order valence-corrected chi connectivity index (χ4v) is 3.99. The lowest BCUT2D eigenvalue weighted by Gasteiger charge is -2.19. The Morgan fingerprint density at radius 2 is 2.38 bits per heavy atom. The van der Waals surface area contributed by atoms with Crippen molar-refractivity contribution in [3.8, 4) is 5.75 Å². The van der Waals surface area contributed by atoms with Gasteiger partial charge >= 0.3 is 0 Å². The zero-order valence-corrected chi connectivity index (χ0v) is 14.4. The number of anilines is 1. The molecule has 128 valence electrons. The van der Waals surface area contributed by atoms with Gasteiger partial charge in [0.05, 0.1) is 17.9 Å². The molecule has 1 saturated carbocycles. The number of nitrogens with one attached hydrogen (secondary N) is 1. The summed E-state index contributed by atoms with van der Waals surface area (Å²) in [6, 6.07) is 5.98. The normalized spacial score (nSPS) is 23.7. The molecule has 2 heterocycles. The van der Waals surface area contributed by atoms with E-state index in [1.807, 2.05) is 30.0 Å². The van der Waals surface area contributed by atoms with Crippen molar-refractivity contribution >= 4 is 32.6 Å². The van der Waals surface area contributed by atoms with Gasteiger partial charge in [-0.25, -0.2) is 9.37 Å². The Bertz CT molecular complexity index is 776. The topological polar surface area (TPSA) is 54.5 Å². The van der Waals surface area contributed by atoms with E-state index < -0.39 is 11.6 Å². The van der Waals surface area contributed by atoms with E-state index in [4.69, 9.17) is 4.74 Å². The Morgan fingerprint density at radius 1 is 1.54 bits per heavy atom. The first-order chi connectivity index (χ1) is 11.6. The average Bonchev–Trinajstić information content (AvgIpc) is 3.11. The highest BCUT2D eigenvalue weighted by Gasteiger charge is 2.47. The molecule has 2 aromatic rings. The smallest absolute Gasteiger partial charge is 0.259 e. The second-order valence-corrected chi connectivity index (χ2v) is 7.43. The van der Waals surface area contributed by atoms with Crippen molar-refractivity contribution in [2.45, 2.75) is 37.9 Å². The number of halogens is 1. The van der Waals surface area contributed by atoms with Crippen molar-refractivity contribution in [1.82, 2.24) is 10.3 Å². The summed E-state index contributed by atoms with van der Waals surface area (Å²) in [5.41, 5.74) is -1.01. The summed E-state index contributed by atoms with van der Waals surface area (Å²) in [5.74, 6) is 0.276. The second-order valence-electron chi connectivity index (χ2n) is 6.42. The zero-order chi connectivity index (χ0) is 16.7. The number of carbonyl (C=O) groups excluding carboxylic acids is 1. The summed E-state index contributed by atoms with van der Waals surface area (Å²) in [6.07, 6.45) is 2.13. The Hall–Kier alpha value is -1.89. The molecule has 1 amide bonds. The van der Waals surface area contributed by atoms with Crippen LogP contribution in [0.2, 0.25) is 0 Å². The van der Waals surface area contributed by atoms with E-state index in [0.717, 1.165) is 33.9 Å². The lowest BCUT2D eigenvalue weighted by Crippen LogP contribution is -2.46.